The van der Waals surface area contributed by atoms with Crippen LogP contribution in [0.25, 0.3) is 0 Å². The molecule has 1 amide bonds. The number of amides is 1. The summed E-state index contributed by atoms with van der Waals surface area (Å²) < 4.78 is 5.81. The molecular formula is C17H21N5O2. The van der Waals surface area contributed by atoms with Crippen molar-refractivity contribution in [1.29, 1.82) is 0 Å². The molecule has 0 radical (unpaired) electrons. The SMILES string of the molecule is Cc1nc([C@@H]2CN([C@@H]3CCc4ccccc4NC3=O)CCO2)n[nH]1. The van der Waals surface area contributed by atoms with Crippen molar-refractivity contribution >= 4 is 11.6 Å². The molecule has 2 N–H and O–H groups in total. The molecule has 0 spiro atoms. The zero-order chi connectivity index (χ0) is 16.5. The largest absolute Gasteiger partial charge is 0.367 e. The number of nitrogens with one attached hydrogen (secondary N) is 2. The predicted molar refractivity (Wildman–Crippen MR) is 88.6 cm³/mol. The summed E-state index contributed by atoms with van der Waals surface area (Å²) in [7, 11) is 0. The van der Waals surface area contributed by atoms with E-state index in [-0.39, 0.29) is 18.1 Å². The molecule has 1 aromatic heterocycles. The lowest BCUT2D eigenvalue weighted by Gasteiger charge is -2.36. The number of nitrogens with zero attached hydrogens (tertiary/aromatic N) is 3. The van der Waals surface area contributed by atoms with Crippen LogP contribution < -0.4 is 5.32 Å². The van der Waals surface area contributed by atoms with Crippen LogP contribution >= 0.6 is 0 Å². The maximum atomic E-state index is 12.7. The Kier molecular flexibility index (Phi) is 4.03. The van der Waals surface area contributed by atoms with E-state index in [9.17, 15) is 4.79 Å². The summed E-state index contributed by atoms with van der Waals surface area (Å²) in [5, 5.41) is 10.1. The van der Waals surface area contributed by atoms with E-state index in [4.69, 9.17) is 4.74 Å². The third kappa shape index (κ3) is 2.92. The molecule has 0 saturated carbocycles. The molecule has 1 aromatic carbocycles. The van der Waals surface area contributed by atoms with Gasteiger partial charge in [0.2, 0.25) is 5.91 Å². The first-order valence-electron chi connectivity index (χ1n) is 8.34. The number of morpholine rings is 1. The van der Waals surface area contributed by atoms with Gasteiger partial charge in [-0.2, -0.15) is 5.10 Å². The highest BCUT2D eigenvalue weighted by molar-refractivity contribution is 5.96. The summed E-state index contributed by atoms with van der Waals surface area (Å²) in [4.78, 5) is 19.3. The van der Waals surface area contributed by atoms with Crippen molar-refractivity contribution in [2.24, 2.45) is 0 Å². The summed E-state index contributed by atoms with van der Waals surface area (Å²) in [6, 6.07) is 7.87. The number of aryl methyl sites for hydroxylation is 2. The number of hydrogen-bond acceptors (Lipinski definition) is 5. The van der Waals surface area contributed by atoms with Crippen LogP contribution in [0.4, 0.5) is 5.69 Å². The van der Waals surface area contributed by atoms with E-state index in [1.807, 2.05) is 25.1 Å². The van der Waals surface area contributed by atoms with E-state index in [1.54, 1.807) is 0 Å². The van der Waals surface area contributed by atoms with E-state index < -0.39 is 0 Å². The van der Waals surface area contributed by atoms with Gasteiger partial charge in [0.05, 0.1) is 12.6 Å². The average molecular weight is 327 g/mol. The van der Waals surface area contributed by atoms with Crippen LogP contribution in [-0.4, -0.2) is 51.7 Å². The molecule has 7 nitrogen and oxygen atoms in total. The number of hydrogen-bond donors (Lipinski definition) is 2. The maximum Gasteiger partial charge on any atom is 0.241 e. The number of ether oxygens (including phenoxy) is 1. The lowest BCUT2D eigenvalue weighted by Crippen LogP contribution is -2.49. The number of H-pyrrole nitrogens is 1. The minimum atomic E-state index is -0.192. The fourth-order valence-electron chi connectivity index (χ4n) is 3.46. The standard InChI is InChI=1S/C17H21N5O2/c1-11-18-16(21-20-11)15-10-22(8-9-24-15)14-7-6-12-4-2-3-5-13(12)19-17(14)23/h2-5,14-15H,6-10H2,1H3,(H,19,23)(H,18,20,21)/t14-,15+/m1/s1. The van der Waals surface area contributed by atoms with Gasteiger partial charge in [-0.3, -0.25) is 14.8 Å². The smallest absolute Gasteiger partial charge is 0.241 e. The first-order chi connectivity index (χ1) is 11.7. The van der Waals surface area contributed by atoms with Crippen molar-refractivity contribution in [2.45, 2.75) is 31.9 Å². The molecule has 0 unspecified atom stereocenters. The van der Waals surface area contributed by atoms with Gasteiger partial charge in [-0.1, -0.05) is 18.2 Å². The molecule has 1 fully saturated rings. The Bertz CT molecular complexity index is 744. The lowest BCUT2D eigenvalue weighted by atomic mass is 10.0. The Morgan fingerprint density at radius 2 is 2.21 bits per heavy atom. The minimum absolute atomic E-state index is 0.0618. The molecule has 2 aliphatic rings. The van der Waals surface area contributed by atoms with E-state index in [0.29, 0.717) is 19.0 Å². The highest BCUT2D eigenvalue weighted by Gasteiger charge is 2.34. The normalized spacial score (nSPS) is 25.0. The summed E-state index contributed by atoms with van der Waals surface area (Å²) >= 11 is 0. The second-order valence-corrected chi connectivity index (χ2v) is 6.33. The van der Waals surface area contributed by atoms with E-state index >= 15 is 0 Å². The van der Waals surface area contributed by atoms with E-state index in [1.165, 1.54) is 5.56 Å². The van der Waals surface area contributed by atoms with Crippen LogP contribution in [0.2, 0.25) is 0 Å². The summed E-state index contributed by atoms with van der Waals surface area (Å²) in [5.74, 6) is 1.50. The van der Waals surface area contributed by atoms with Crippen LogP contribution in [0.15, 0.2) is 24.3 Å². The van der Waals surface area contributed by atoms with Gasteiger partial charge in [-0.25, -0.2) is 4.98 Å². The molecule has 4 rings (SSSR count). The molecule has 126 valence electrons. The Morgan fingerprint density at radius 3 is 3.04 bits per heavy atom. The van der Waals surface area contributed by atoms with Gasteiger partial charge in [-0.05, 0) is 31.4 Å². The third-order valence-corrected chi connectivity index (χ3v) is 4.71. The molecule has 0 bridgehead atoms. The van der Waals surface area contributed by atoms with Gasteiger partial charge in [0.15, 0.2) is 5.82 Å². The van der Waals surface area contributed by atoms with Crippen molar-refractivity contribution in [3.63, 3.8) is 0 Å². The Morgan fingerprint density at radius 1 is 1.33 bits per heavy atom. The zero-order valence-corrected chi connectivity index (χ0v) is 13.7. The zero-order valence-electron chi connectivity index (χ0n) is 13.7. The Balaban J connectivity index is 1.50. The second-order valence-electron chi connectivity index (χ2n) is 6.33. The van der Waals surface area contributed by atoms with Gasteiger partial charge in [0.1, 0.15) is 11.9 Å². The number of carbonyl (C=O) groups is 1. The average Bonchev–Trinajstić information content (AvgIpc) is 2.95. The third-order valence-electron chi connectivity index (χ3n) is 4.71. The van der Waals surface area contributed by atoms with Crippen molar-refractivity contribution in [2.75, 3.05) is 25.0 Å². The highest BCUT2D eigenvalue weighted by atomic mass is 16.5. The first-order valence-corrected chi connectivity index (χ1v) is 8.34. The maximum absolute atomic E-state index is 12.7. The van der Waals surface area contributed by atoms with Gasteiger partial charge in [0, 0.05) is 18.8 Å². The lowest BCUT2D eigenvalue weighted by molar-refractivity contribution is -0.125. The molecule has 2 aliphatic heterocycles. The Hall–Kier alpha value is -2.25. The number of fused-ring (bicyclic) bond motifs is 1. The molecule has 2 atom stereocenters. The summed E-state index contributed by atoms with van der Waals surface area (Å²) in [5.41, 5.74) is 2.13. The van der Waals surface area contributed by atoms with Gasteiger partial charge >= 0.3 is 0 Å². The van der Waals surface area contributed by atoms with Crippen LogP contribution in [0.5, 0.6) is 0 Å². The number of aromatic amines is 1. The number of rotatable bonds is 2. The number of carbonyl (C=O) groups excluding carboxylic acids is 1. The molecule has 0 aliphatic carbocycles. The van der Waals surface area contributed by atoms with E-state index in [2.05, 4.69) is 31.5 Å². The van der Waals surface area contributed by atoms with Crippen LogP contribution in [0, 0.1) is 6.92 Å². The fraction of sp³-hybridized carbons (Fsp3) is 0.471. The van der Waals surface area contributed by atoms with Crippen LogP contribution in [0.3, 0.4) is 0 Å². The minimum Gasteiger partial charge on any atom is -0.367 e. The first kappa shape index (κ1) is 15.3. The highest BCUT2D eigenvalue weighted by Crippen LogP contribution is 2.27. The number of benzene rings is 1. The van der Waals surface area contributed by atoms with Crippen molar-refractivity contribution in [3.05, 3.63) is 41.5 Å². The molecule has 7 heteroatoms. The number of para-hydroxylation sites is 1. The molecule has 1 saturated heterocycles. The Labute approximate surface area is 140 Å². The van der Waals surface area contributed by atoms with Crippen molar-refractivity contribution in [1.82, 2.24) is 20.1 Å². The molecular weight excluding hydrogens is 306 g/mol. The topological polar surface area (TPSA) is 83.1 Å². The van der Waals surface area contributed by atoms with Crippen molar-refractivity contribution in [3.8, 4) is 0 Å². The quantitative estimate of drug-likeness (QED) is 0.872. The predicted octanol–water partition coefficient (Wildman–Crippen LogP) is 1.44. The van der Waals surface area contributed by atoms with Gasteiger partial charge < -0.3 is 10.1 Å². The summed E-state index contributed by atoms with van der Waals surface area (Å²) in [6.45, 7) is 3.82. The van der Waals surface area contributed by atoms with Crippen LogP contribution in [-0.2, 0) is 16.0 Å². The van der Waals surface area contributed by atoms with Gasteiger partial charge in [0.25, 0.3) is 0 Å². The van der Waals surface area contributed by atoms with E-state index in [0.717, 1.165) is 30.9 Å². The molecule has 2 aromatic rings. The van der Waals surface area contributed by atoms with Crippen LogP contribution in [0.1, 0.15) is 29.7 Å². The second kappa shape index (κ2) is 6.33. The summed E-state index contributed by atoms with van der Waals surface area (Å²) in [6.07, 6.45) is 1.51. The van der Waals surface area contributed by atoms with Crippen molar-refractivity contribution < 1.29 is 9.53 Å². The molecule has 24 heavy (non-hydrogen) atoms. The fourth-order valence-corrected chi connectivity index (χ4v) is 3.46. The number of aromatic nitrogens is 3. The van der Waals surface area contributed by atoms with Gasteiger partial charge in [-0.15, -0.1) is 0 Å². The molecule has 3 heterocycles. The number of anilines is 1. The monoisotopic (exact) mass is 327 g/mol.